The fourth-order valence-corrected chi connectivity index (χ4v) is 1.70. The zero-order valence-corrected chi connectivity index (χ0v) is 8.81. The van der Waals surface area contributed by atoms with E-state index in [1.54, 1.807) is 0 Å². The highest BCUT2D eigenvalue weighted by Gasteiger charge is 2.27. The predicted molar refractivity (Wildman–Crippen MR) is 54.5 cm³/mol. The topological polar surface area (TPSA) is 113 Å². The lowest BCUT2D eigenvalue weighted by Gasteiger charge is -2.13. The Morgan fingerprint density at radius 3 is 2.62 bits per heavy atom. The molecule has 0 aromatic heterocycles. The van der Waals surface area contributed by atoms with Gasteiger partial charge >= 0.3 is 12.0 Å². The third-order valence-corrected chi connectivity index (χ3v) is 2.54. The monoisotopic (exact) mass is 229 g/mol. The molecule has 1 aliphatic rings. The Hall–Kier alpha value is -1.63. The Morgan fingerprint density at radius 2 is 2.12 bits per heavy atom. The van der Waals surface area contributed by atoms with Crippen molar-refractivity contribution in [2.45, 2.75) is 12.8 Å². The van der Waals surface area contributed by atoms with Crippen LogP contribution < -0.4 is 11.1 Å². The molecule has 7 heteroatoms. The first-order valence-corrected chi connectivity index (χ1v) is 5.03. The Bertz CT molecular complexity index is 305. The lowest BCUT2D eigenvalue weighted by Crippen LogP contribution is -2.37. The van der Waals surface area contributed by atoms with Crippen molar-refractivity contribution < 1.29 is 19.5 Å². The van der Waals surface area contributed by atoms with Crippen LogP contribution in [-0.4, -0.2) is 47.5 Å². The van der Waals surface area contributed by atoms with E-state index < -0.39 is 17.9 Å². The molecule has 0 radical (unpaired) electrons. The Morgan fingerprint density at radius 1 is 1.44 bits per heavy atom. The molecule has 7 nitrogen and oxygen atoms in total. The summed E-state index contributed by atoms with van der Waals surface area (Å²) in [5, 5.41) is 10.7. The van der Waals surface area contributed by atoms with Gasteiger partial charge in [-0.3, -0.25) is 14.9 Å². The number of urea groups is 1. The minimum atomic E-state index is -0.866. The van der Waals surface area contributed by atoms with E-state index in [0.717, 1.165) is 0 Å². The van der Waals surface area contributed by atoms with Crippen molar-refractivity contribution >= 4 is 17.9 Å². The lowest BCUT2D eigenvalue weighted by molar-refractivity contribution is -0.141. The maximum absolute atomic E-state index is 11.1. The molecule has 0 aromatic rings. The molecule has 0 spiro atoms. The van der Waals surface area contributed by atoms with Crippen molar-refractivity contribution in [3.8, 4) is 0 Å². The largest absolute Gasteiger partial charge is 0.481 e. The first-order chi connectivity index (χ1) is 7.49. The van der Waals surface area contributed by atoms with Crippen LogP contribution in [0.1, 0.15) is 12.8 Å². The Labute approximate surface area is 92.6 Å². The van der Waals surface area contributed by atoms with E-state index in [2.05, 4.69) is 0 Å². The normalized spacial score (nSPS) is 20.6. The highest BCUT2D eigenvalue weighted by atomic mass is 16.4. The quantitative estimate of drug-likeness (QED) is 0.571. The molecule has 1 fully saturated rings. The maximum Gasteiger partial charge on any atom is 0.318 e. The molecule has 1 atom stereocenters. The molecule has 1 unspecified atom stereocenters. The third kappa shape index (κ3) is 3.85. The minimum Gasteiger partial charge on any atom is -0.481 e. The van der Waals surface area contributed by atoms with Crippen molar-refractivity contribution in [1.82, 2.24) is 10.2 Å². The number of amides is 3. The molecule has 0 aliphatic carbocycles. The number of likely N-dealkylation sites (tertiary alicyclic amines) is 1. The van der Waals surface area contributed by atoms with Crippen LogP contribution >= 0.6 is 0 Å². The Balaban J connectivity index is 2.22. The maximum atomic E-state index is 11.1. The average Bonchev–Trinajstić information content (AvgIpc) is 2.61. The van der Waals surface area contributed by atoms with E-state index >= 15 is 0 Å². The van der Waals surface area contributed by atoms with E-state index in [0.29, 0.717) is 26.1 Å². The van der Waals surface area contributed by atoms with Crippen LogP contribution in [0, 0.1) is 5.92 Å². The summed E-state index contributed by atoms with van der Waals surface area (Å²) in [4.78, 5) is 34.0. The summed E-state index contributed by atoms with van der Waals surface area (Å²) >= 11 is 0. The molecule has 1 heterocycles. The van der Waals surface area contributed by atoms with Crippen molar-refractivity contribution in [2.24, 2.45) is 11.7 Å². The number of rotatable bonds is 4. The number of carbonyl (C=O) groups excluding carboxylic acids is 2. The van der Waals surface area contributed by atoms with Crippen LogP contribution in [0.25, 0.3) is 0 Å². The molecule has 0 saturated carbocycles. The van der Waals surface area contributed by atoms with Gasteiger partial charge in [0.25, 0.3) is 0 Å². The fraction of sp³-hybridized carbons (Fsp3) is 0.667. The number of carbonyl (C=O) groups is 3. The summed E-state index contributed by atoms with van der Waals surface area (Å²) in [5.41, 5.74) is 4.78. The summed E-state index contributed by atoms with van der Waals surface area (Å²) in [7, 11) is 0. The molecule has 0 aromatic carbocycles. The Kier molecular flexibility index (Phi) is 4.24. The molecule has 3 amide bonds. The van der Waals surface area contributed by atoms with Gasteiger partial charge < -0.3 is 15.7 Å². The molecule has 4 N–H and O–H groups in total. The van der Waals surface area contributed by atoms with Gasteiger partial charge in [0.2, 0.25) is 5.91 Å². The highest BCUT2D eigenvalue weighted by Crippen LogP contribution is 2.16. The van der Waals surface area contributed by atoms with Gasteiger partial charge in [0.15, 0.2) is 0 Å². The zero-order chi connectivity index (χ0) is 12.1. The van der Waals surface area contributed by atoms with Gasteiger partial charge in [-0.05, 0) is 13.0 Å². The minimum absolute atomic E-state index is 0.148. The van der Waals surface area contributed by atoms with Crippen LogP contribution in [0.3, 0.4) is 0 Å². The van der Waals surface area contributed by atoms with Crippen LogP contribution in [0.5, 0.6) is 0 Å². The summed E-state index contributed by atoms with van der Waals surface area (Å²) in [6.45, 7) is 1.57. The first kappa shape index (κ1) is 12.4. The number of nitrogens with two attached hydrogens (primary N) is 1. The van der Waals surface area contributed by atoms with Gasteiger partial charge in [-0.2, -0.15) is 0 Å². The van der Waals surface area contributed by atoms with Gasteiger partial charge in [0.1, 0.15) is 0 Å². The first-order valence-electron chi connectivity index (χ1n) is 5.03. The van der Waals surface area contributed by atoms with Crippen LogP contribution in [0.15, 0.2) is 0 Å². The van der Waals surface area contributed by atoms with Gasteiger partial charge in [0.05, 0.1) is 5.92 Å². The number of aliphatic carboxylic acids is 1. The number of nitrogens with one attached hydrogen (secondary N) is 1. The average molecular weight is 229 g/mol. The number of nitrogens with zero attached hydrogens (tertiary/aromatic N) is 1. The van der Waals surface area contributed by atoms with Gasteiger partial charge in [-0.15, -0.1) is 0 Å². The predicted octanol–water partition coefficient (Wildman–Crippen LogP) is -1.02. The van der Waals surface area contributed by atoms with Crippen molar-refractivity contribution in [2.75, 3.05) is 19.6 Å². The van der Waals surface area contributed by atoms with E-state index in [-0.39, 0.29) is 12.3 Å². The molecular weight excluding hydrogens is 214 g/mol. The second kappa shape index (κ2) is 5.45. The summed E-state index contributed by atoms with van der Waals surface area (Å²) in [6.07, 6.45) is 0.752. The van der Waals surface area contributed by atoms with Crippen LogP contribution in [-0.2, 0) is 9.59 Å². The van der Waals surface area contributed by atoms with Crippen LogP contribution in [0.4, 0.5) is 4.79 Å². The molecule has 1 saturated heterocycles. The number of hydrogen-bond acceptors (Lipinski definition) is 4. The van der Waals surface area contributed by atoms with Gasteiger partial charge in [-0.25, -0.2) is 4.79 Å². The molecule has 0 bridgehead atoms. The second-order valence-corrected chi connectivity index (χ2v) is 3.79. The number of primary amides is 1. The molecule has 16 heavy (non-hydrogen) atoms. The summed E-state index contributed by atoms with van der Waals surface area (Å²) in [6, 6.07) is -0.866. The smallest absolute Gasteiger partial charge is 0.318 e. The standard InChI is InChI=1S/C9H15N3O4/c10-9(16)11-7(13)2-4-12-3-1-6(5-12)8(14)15/h6H,1-5H2,(H,14,15)(H3,10,11,13,16). The SMILES string of the molecule is NC(=O)NC(=O)CCN1CCC(C(=O)O)C1. The number of hydrogen-bond donors (Lipinski definition) is 3. The van der Waals surface area contributed by atoms with E-state index in [1.807, 2.05) is 10.2 Å². The highest BCUT2D eigenvalue weighted by molar-refractivity contribution is 5.93. The van der Waals surface area contributed by atoms with Gasteiger partial charge in [-0.1, -0.05) is 0 Å². The number of carboxylic acid groups (broad SMARTS) is 1. The van der Waals surface area contributed by atoms with Crippen molar-refractivity contribution in [3.63, 3.8) is 0 Å². The summed E-state index contributed by atoms with van der Waals surface area (Å²) < 4.78 is 0. The number of imide groups is 1. The van der Waals surface area contributed by atoms with E-state index in [9.17, 15) is 14.4 Å². The van der Waals surface area contributed by atoms with Gasteiger partial charge in [0, 0.05) is 19.5 Å². The van der Waals surface area contributed by atoms with E-state index in [4.69, 9.17) is 10.8 Å². The molecular formula is C9H15N3O4. The zero-order valence-electron chi connectivity index (χ0n) is 8.81. The number of carboxylic acids is 1. The lowest BCUT2D eigenvalue weighted by atomic mass is 10.1. The molecule has 1 rings (SSSR count). The molecule has 1 aliphatic heterocycles. The third-order valence-electron chi connectivity index (χ3n) is 2.54. The summed E-state index contributed by atoms with van der Waals surface area (Å²) in [5.74, 6) is -1.59. The van der Waals surface area contributed by atoms with E-state index in [1.165, 1.54) is 0 Å². The van der Waals surface area contributed by atoms with Crippen LogP contribution in [0.2, 0.25) is 0 Å². The van der Waals surface area contributed by atoms with Crippen molar-refractivity contribution in [3.05, 3.63) is 0 Å². The van der Waals surface area contributed by atoms with Crippen molar-refractivity contribution in [1.29, 1.82) is 0 Å². The fourth-order valence-electron chi connectivity index (χ4n) is 1.70. The molecule has 90 valence electrons. The second-order valence-electron chi connectivity index (χ2n) is 3.79.